The number of benzene rings is 2. The normalized spacial score (nSPS) is 15.9. The topological polar surface area (TPSA) is 29.5 Å². The molecule has 2 nitrogen and oxygen atoms in total. The van der Waals surface area contributed by atoms with Crippen molar-refractivity contribution in [2.45, 2.75) is 24.9 Å². The molecule has 0 spiro atoms. The molecule has 0 aliphatic heterocycles. The van der Waals surface area contributed by atoms with E-state index in [1.807, 2.05) is 18.2 Å². The summed E-state index contributed by atoms with van der Waals surface area (Å²) in [6.07, 6.45) is 1.43. The molecule has 0 aromatic heterocycles. The molecule has 3 rings (SSSR count). The van der Waals surface area contributed by atoms with Gasteiger partial charge in [-0.2, -0.15) is 0 Å². The van der Waals surface area contributed by atoms with Gasteiger partial charge < -0.3 is 9.84 Å². The van der Waals surface area contributed by atoms with Crippen LogP contribution in [0.1, 0.15) is 41.6 Å². The average Bonchev–Trinajstić information content (AvgIpc) is 3.32. The van der Waals surface area contributed by atoms with E-state index in [-0.39, 0.29) is 11.3 Å². The standard InChI is InChI=1S/C17H17FO2/c1-20-15-7-3-6-14(16(15)18)17(19)13-5-2-4-12(10-13)11-8-9-11/h2-7,10-11,17,19H,8-9H2,1H3. The number of rotatable bonds is 4. The predicted molar refractivity (Wildman–Crippen MR) is 75.4 cm³/mol. The van der Waals surface area contributed by atoms with Crippen LogP contribution in [0.3, 0.4) is 0 Å². The second-order valence-corrected chi connectivity index (χ2v) is 5.21. The number of hydrogen-bond donors (Lipinski definition) is 1. The zero-order valence-electron chi connectivity index (χ0n) is 11.3. The fraction of sp³-hybridized carbons (Fsp3) is 0.294. The Hall–Kier alpha value is -1.87. The minimum atomic E-state index is -0.969. The van der Waals surface area contributed by atoms with E-state index in [4.69, 9.17) is 4.74 Å². The lowest BCUT2D eigenvalue weighted by Crippen LogP contribution is -2.04. The van der Waals surface area contributed by atoms with Crippen molar-refractivity contribution in [2.75, 3.05) is 7.11 Å². The molecule has 1 aliphatic rings. The molecule has 1 aliphatic carbocycles. The summed E-state index contributed by atoms with van der Waals surface area (Å²) in [4.78, 5) is 0. The summed E-state index contributed by atoms with van der Waals surface area (Å²) < 4.78 is 19.2. The average molecular weight is 272 g/mol. The fourth-order valence-electron chi connectivity index (χ4n) is 2.48. The third-order valence-corrected chi connectivity index (χ3v) is 3.78. The Labute approximate surface area is 117 Å². The Morgan fingerprint density at radius 3 is 2.65 bits per heavy atom. The molecule has 0 radical (unpaired) electrons. The summed E-state index contributed by atoms with van der Waals surface area (Å²) >= 11 is 0. The van der Waals surface area contributed by atoms with E-state index in [0.29, 0.717) is 5.92 Å². The van der Waals surface area contributed by atoms with Gasteiger partial charge in [-0.1, -0.05) is 36.4 Å². The Kier molecular flexibility index (Phi) is 3.45. The predicted octanol–water partition coefficient (Wildman–Crippen LogP) is 3.79. The van der Waals surface area contributed by atoms with Gasteiger partial charge in [-0.05, 0) is 36.0 Å². The summed E-state index contributed by atoms with van der Waals surface area (Å²) in [7, 11) is 1.42. The molecular formula is C17H17FO2. The van der Waals surface area contributed by atoms with Crippen LogP contribution in [-0.4, -0.2) is 12.2 Å². The molecule has 0 saturated heterocycles. The maximum absolute atomic E-state index is 14.2. The van der Waals surface area contributed by atoms with E-state index in [9.17, 15) is 9.50 Å². The number of hydrogen-bond acceptors (Lipinski definition) is 2. The highest BCUT2D eigenvalue weighted by atomic mass is 19.1. The second kappa shape index (κ2) is 5.25. The maximum Gasteiger partial charge on any atom is 0.171 e. The SMILES string of the molecule is COc1cccc(C(O)c2cccc(C3CC3)c2)c1F. The van der Waals surface area contributed by atoms with Crippen molar-refractivity contribution in [1.82, 2.24) is 0 Å². The first-order valence-electron chi connectivity index (χ1n) is 6.81. The van der Waals surface area contributed by atoms with E-state index >= 15 is 0 Å². The third-order valence-electron chi connectivity index (χ3n) is 3.78. The van der Waals surface area contributed by atoms with Gasteiger partial charge in [0, 0.05) is 5.56 Å². The molecule has 104 valence electrons. The van der Waals surface area contributed by atoms with Crippen molar-refractivity contribution < 1.29 is 14.2 Å². The highest BCUT2D eigenvalue weighted by Gasteiger charge is 2.25. The maximum atomic E-state index is 14.2. The van der Waals surface area contributed by atoms with Crippen molar-refractivity contribution in [2.24, 2.45) is 0 Å². The van der Waals surface area contributed by atoms with Crippen LogP contribution in [0, 0.1) is 5.82 Å². The first-order chi connectivity index (χ1) is 9.70. The lowest BCUT2D eigenvalue weighted by Gasteiger charge is -2.15. The van der Waals surface area contributed by atoms with Gasteiger partial charge in [0.2, 0.25) is 0 Å². The zero-order chi connectivity index (χ0) is 14.1. The molecule has 1 N–H and O–H groups in total. The van der Waals surface area contributed by atoms with Crippen molar-refractivity contribution in [1.29, 1.82) is 0 Å². The van der Waals surface area contributed by atoms with Crippen LogP contribution in [0.15, 0.2) is 42.5 Å². The second-order valence-electron chi connectivity index (χ2n) is 5.21. The van der Waals surface area contributed by atoms with Crippen LogP contribution in [0.2, 0.25) is 0 Å². The minimum absolute atomic E-state index is 0.153. The molecule has 0 bridgehead atoms. The van der Waals surface area contributed by atoms with E-state index in [0.717, 1.165) is 5.56 Å². The van der Waals surface area contributed by atoms with E-state index in [2.05, 4.69) is 6.07 Å². The monoisotopic (exact) mass is 272 g/mol. The Bertz CT molecular complexity index is 620. The van der Waals surface area contributed by atoms with Crippen molar-refractivity contribution in [3.63, 3.8) is 0 Å². The van der Waals surface area contributed by atoms with Crippen molar-refractivity contribution in [3.8, 4) is 5.75 Å². The molecule has 1 saturated carbocycles. The molecule has 3 heteroatoms. The quantitative estimate of drug-likeness (QED) is 0.917. The van der Waals surface area contributed by atoms with E-state index < -0.39 is 11.9 Å². The summed E-state index contributed by atoms with van der Waals surface area (Å²) in [5, 5.41) is 10.4. The van der Waals surface area contributed by atoms with Crippen LogP contribution in [-0.2, 0) is 0 Å². The third kappa shape index (κ3) is 2.41. The van der Waals surface area contributed by atoms with Gasteiger partial charge in [-0.3, -0.25) is 0 Å². The van der Waals surface area contributed by atoms with Gasteiger partial charge in [0.1, 0.15) is 6.10 Å². The van der Waals surface area contributed by atoms with Gasteiger partial charge in [0.05, 0.1) is 7.11 Å². The largest absolute Gasteiger partial charge is 0.494 e. The molecule has 2 aromatic carbocycles. The molecule has 1 unspecified atom stereocenters. The molecule has 1 fully saturated rings. The van der Waals surface area contributed by atoms with Gasteiger partial charge in [-0.25, -0.2) is 4.39 Å². The number of aliphatic hydroxyl groups excluding tert-OH is 1. The number of methoxy groups -OCH3 is 1. The Balaban J connectivity index is 1.95. The van der Waals surface area contributed by atoms with Gasteiger partial charge >= 0.3 is 0 Å². The fourth-order valence-corrected chi connectivity index (χ4v) is 2.48. The highest BCUT2D eigenvalue weighted by Crippen LogP contribution is 2.41. The number of ether oxygens (including phenoxy) is 1. The first kappa shape index (κ1) is 13.1. The van der Waals surface area contributed by atoms with Crippen LogP contribution >= 0.6 is 0 Å². The zero-order valence-corrected chi connectivity index (χ0v) is 11.3. The lowest BCUT2D eigenvalue weighted by molar-refractivity contribution is 0.213. The van der Waals surface area contributed by atoms with Gasteiger partial charge in [0.25, 0.3) is 0 Å². The molecular weight excluding hydrogens is 255 g/mol. The molecule has 1 atom stereocenters. The van der Waals surface area contributed by atoms with Crippen LogP contribution < -0.4 is 4.74 Å². The Morgan fingerprint density at radius 1 is 1.20 bits per heavy atom. The van der Waals surface area contributed by atoms with E-state index in [1.165, 1.54) is 25.5 Å². The number of aliphatic hydroxyl groups is 1. The Morgan fingerprint density at radius 2 is 1.95 bits per heavy atom. The van der Waals surface area contributed by atoms with Crippen LogP contribution in [0.5, 0.6) is 5.75 Å². The summed E-state index contributed by atoms with van der Waals surface area (Å²) in [6, 6.07) is 12.6. The molecule has 2 aromatic rings. The number of halogens is 1. The lowest BCUT2D eigenvalue weighted by atomic mass is 9.98. The minimum Gasteiger partial charge on any atom is -0.494 e. The van der Waals surface area contributed by atoms with Crippen LogP contribution in [0.4, 0.5) is 4.39 Å². The van der Waals surface area contributed by atoms with Crippen molar-refractivity contribution >= 4 is 0 Å². The van der Waals surface area contributed by atoms with Crippen molar-refractivity contribution in [3.05, 3.63) is 65.0 Å². The van der Waals surface area contributed by atoms with E-state index in [1.54, 1.807) is 18.2 Å². The smallest absolute Gasteiger partial charge is 0.171 e. The summed E-state index contributed by atoms with van der Waals surface area (Å²) in [6.45, 7) is 0. The summed E-state index contributed by atoms with van der Waals surface area (Å²) in [5.41, 5.74) is 2.20. The van der Waals surface area contributed by atoms with Gasteiger partial charge in [-0.15, -0.1) is 0 Å². The first-order valence-corrected chi connectivity index (χ1v) is 6.81. The van der Waals surface area contributed by atoms with Crippen LogP contribution in [0.25, 0.3) is 0 Å². The molecule has 20 heavy (non-hydrogen) atoms. The molecule has 0 amide bonds. The summed E-state index contributed by atoms with van der Waals surface area (Å²) in [5.74, 6) is 0.261. The van der Waals surface area contributed by atoms with Gasteiger partial charge in [0.15, 0.2) is 11.6 Å². The molecule has 0 heterocycles. The highest BCUT2D eigenvalue weighted by molar-refractivity contribution is 5.39.